The van der Waals surface area contributed by atoms with Crippen molar-refractivity contribution in [3.05, 3.63) is 28.2 Å². The van der Waals surface area contributed by atoms with Gasteiger partial charge in [-0.15, -0.1) is 0 Å². The van der Waals surface area contributed by atoms with Crippen LogP contribution >= 0.6 is 15.9 Å². The fourth-order valence-corrected chi connectivity index (χ4v) is 1.97. The van der Waals surface area contributed by atoms with Gasteiger partial charge in [-0.3, -0.25) is 4.79 Å². The molecule has 118 valence electrons. The van der Waals surface area contributed by atoms with Crippen LogP contribution < -0.4 is 15.4 Å². The average molecular weight is 369 g/mol. The van der Waals surface area contributed by atoms with Gasteiger partial charge in [0.2, 0.25) is 0 Å². The Kier molecular flexibility index (Phi) is 6.97. The van der Waals surface area contributed by atoms with E-state index >= 15 is 0 Å². The third-order valence-corrected chi connectivity index (χ3v) is 3.04. The number of halogens is 4. The number of nitrogens with one attached hydrogen (secondary N) is 2. The summed E-state index contributed by atoms with van der Waals surface area (Å²) in [5.41, 5.74) is 1.03. The maximum atomic E-state index is 11.9. The normalized spacial score (nSPS) is 11.3. The minimum absolute atomic E-state index is 0.400. The van der Waals surface area contributed by atoms with E-state index in [1.807, 2.05) is 19.1 Å². The van der Waals surface area contributed by atoms with Crippen molar-refractivity contribution in [1.29, 1.82) is 0 Å². The molecule has 0 bridgehead atoms. The predicted octanol–water partition coefficient (Wildman–Crippen LogP) is 2.62. The van der Waals surface area contributed by atoms with Gasteiger partial charge in [0.05, 0.1) is 4.47 Å². The zero-order valence-electron chi connectivity index (χ0n) is 11.4. The first-order valence-electron chi connectivity index (χ1n) is 6.27. The van der Waals surface area contributed by atoms with Gasteiger partial charge < -0.3 is 15.4 Å². The molecular formula is C13H16BrF3N2O2. The highest BCUT2D eigenvalue weighted by Crippen LogP contribution is 2.26. The number of benzene rings is 1. The zero-order valence-corrected chi connectivity index (χ0v) is 13.0. The highest BCUT2D eigenvalue weighted by molar-refractivity contribution is 9.10. The topological polar surface area (TPSA) is 50.4 Å². The Balaban J connectivity index is 2.46. The largest absolute Gasteiger partial charge is 0.483 e. The molecule has 4 nitrogen and oxygen atoms in total. The van der Waals surface area contributed by atoms with Crippen LogP contribution in [0.1, 0.15) is 12.5 Å². The third-order valence-electron chi connectivity index (χ3n) is 2.42. The molecule has 0 aliphatic heterocycles. The van der Waals surface area contributed by atoms with Crippen LogP contribution in [0.4, 0.5) is 13.2 Å². The van der Waals surface area contributed by atoms with Crippen LogP contribution in [-0.4, -0.2) is 31.8 Å². The van der Waals surface area contributed by atoms with E-state index < -0.39 is 25.2 Å². The van der Waals surface area contributed by atoms with Crippen LogP contribution in [-0.2, 0) is 11.3 Å². The molecule has 0 aliphatic carbocycles. The number of hydrogen-bond acceptors (Lipinski definition) is 3. The van der Waals surface area contributed by atoms with Crippen LogP contribution in [0.2, 0.25) is 0 Å². The lowest BCUT2D eigenvalue weighted by Crippen LogP contribution is -2.36. The van der Waals surface area contributed by atoms with Gasteiger partial charge in [-0.25, -0.2) is 0 Å². The lowest BCUT2D eigenvalue weighted by molar-refractivity contribution is -0.139. The first-order valence-corrected chi connectivity index (χ1v) is 7.06. The molecule has 0 aliphatic rings. The number of rotatable bonds is 7. The highest BCUT2D eigenvalue weighted by Gasteiger charge is 2.27. The molecule has 0 heterocycles. The Morgan fingerprint density at radius 1 is 1.38 bits per heavy atom. The molecule has 0 atom stereocenters. The maximum Gasteiger partial charge on any atom is 0.405 e. The number of alkyl halides is 3. The number of hydrogen-bond donors (Lipinski definition) is 2. The Hall–Kier alpha value is -1.28. The monoisotopic (exact) mass is 368 g/mol. The molecule has 0 radical (unpaired) electrons. The number of carbonyl (C=O) groups is 1. The van der Waals surface area contributed by atoms with E-state index in [4.69, 9.17) is 4.74 Å². The Bertz CT molecular complexity index is 481. The molecule has 8 heteroatoms. The molecule has 0 saturated heterocycles. The number of amides is 1. The van der Waals surface area contributed by atoms with E-state index in [1.54, 1.807) is 11.4 Å². The molecular weight excluding hydrogens is 353 g/mol. The number of ether oxygens (including phenoxy) is 1. The van der Waals surface area contributed by atoms with Gasteiger partial charge in [-0.2, -0.15) is 13.2 Å². The molecule has 1 aromatic carbocycles. The van der Waals surface area contributed by atoms with Crippen LogP contribution in [0.5, 0.6) is 5.75 Å². The summed E-state index contributed by atoms with van der Waals surface area (Å²) in [4.78, 5) is 11.2. The molecule has 0 spiro atoms. The summed E-state index contributed by atoms with van der Waals surface area (Å²) < 4.78 is 41.6. The Labute approximate surface area is 129 Å². The SMILES string of the molecule is CCNCc1ccc(OCC(=O)NCC(F)(F)F)c(Br)c1. The van der Waals surface area contributed by atoms with Crippen molar-refractivity contribution in [3.8, 4) is 5.75 Å². The van der Waals surface area contributed by atoms with Crippen molar-refractivity contribution < 1.29 is 22.7 Å². The van der Waals surface area contributed by atoms with Crippen molar-refractivity contribution >= 4 is 21.8 Å². The minimum atomic E-state index is -4.43. The molecule has 2 N–H and O–H groups in total. The third kappa shape index (κ3) is 7.33. The average Bonchev–Trinajstić information content (AvgIpc) is 2.41. The highest BCUT2D eigenvalue weighted by atomic mass is 79.9. The Morgan fingerprint density at radius 3 is 2.67 bits per heavy atom. The summed E-state index contributed by atoms with van der Waals surface area (Å²) in [7, 11) is 0. The van der Waals surface area contributed by atoms with Crippen molar-refractivity contribution in [2.24, 2.45) is 0 Å². The zero-order chi connectivity index (χ0) is 15.9. The van der Waals surface area contributed by atoms with Gasteiger partial charge in [-0.05, 0) is 40.2 Å². The lowest BCUT2D eigenvalue weighted by atomic mass is 10.2. The maximum absolute atomic E-state index is 11.9. The van der Waals surface area contributed by atoms with Crippen LogP contribution in [0.25, 0.3) is 0 Å². The van der Waals surface area contributed by atoms with Crippen molar-refractivity contribution in [2.75, 3.05) is 19.7 Å². The molecule has 0 fully saturated rings. The van der Waals surface area contributed by atoms with E-state index in [9.17, 15) is 18.0 Å². The molecule has 1 amide bonds. The molecule has 1 aromatic rings. The second-order valence-electron chi connectivity index (χ2n) is 4.23. The first kappa shape index (κ1) is 17.8. The van der Waals surface area contributed by atoms with Crippen molar-refractivity contribution in [1.82, 2.24) is 10.6 Å². The summed E-state index contributed by atoms with van der Waals surface area (Å²) in [6, 6.07) is 5.30. The van der Waals surface area contributed by atoms with E-state index in [2.05, 4.69) is 21.2 Å². The summed E-state index contributed by atoms with van der Waals surface area (Å²) >= 11 is 3.30. The van der Waals surface area contributed by atoms with E-state index in [0.29, 0.717) is 16.8 Å². The molecule has 0 aromatic heterocycles. The first-order chi connectivity index (χ1) is 9.81. The lowest BCUT2D eigenvalue weighted by Gasteiger charge is -2.11. The van der Waals surface area contributed by atoms with Crippen molar-refractivity contribution in [3.63, 3.8) is 0 Å². The Morgan fingerprint density at radius 2 is 2.10 bits per heavy atom. The summed E-state index contributed by atoms with van der Waals surface area (Å²) in [5.74, 6) is -0.423. The van der Waals surface area contributed by atoms with Gasteiger partial charge in [0.15, 0.2) is 6.61 Å². The minimum Gasteiger partial charge on any atom is -0.483 e. The second kappa shape index (κ2) is 8.23. The molecule has 0 unspecified atom stereocenters. The van der Waals surface area contributed by atoms with Gasteiger partial charge in [0.25, 0.3) is 5.91 Å². The second-order valence-corrected chi connectivity index (χ2v) is 5.08. The van der Waals surface area contributed by atoms with Gasteiger partial charge in [0, 0.05) is 6.54 Å². The number of carbonyl (C=O) groups excluding carboxylic acids is 1. The van der Waals surface area contributed by atoms with Crippen LogP contribution in [0, 0.1) is 0 Å². The van der Waals surface area contributed by atoms with Crippen molar-refractivity contribution in [2.45, 2.75) is 19.6 Å². The van der Waals surface area contributed by atoms with Gasteiger partial charge in [0.1, 0.15) is 12.3 Å². The van der Waals surface area contributed by atoms with Gasteiger partial charge >= 0.3 is 6.18 Å². The fraction of sp³-hybridized carbons (Fsp3) is 0.462. The summed E-state index contributed by atoms with van der Waals surface area (Å²) in [6.45, 7) is 1.70. The predicted molar refractivity (Wildman–Crippen MR) is 76.1 cm³/mol. The summed E-state index contributed by atoms with van der Waals surface area (Å²) in [6.07, 6.45) is -4.43. The van der Waals surface area contributed by atoms with Crippen LogP contribution in [0.15, 0.2) is 22.7 Å². The standard InChI is InChI=1S/C13H16BrF3N2O2/c1-2-18-6-9-3-4-11(10(14)5-9)21-7-12(20)19-8-13(15,16)17/h3-5,18H,2,6-8H2,1H3,(H,19,20). The quantitative estimate of drug-likeness (QED) is 0.777. The van der Waals surface area contributed by atoms with E-state index in [-0.39, 0.29) is 0 Å². The molecule has 21 heavy (non-hydrogen) atoms. The van der Waals surface area contributed by atoms with E-state index in [1.165, 1.54) is 0 Å². The van der Waals surface area contributed by atoms with Gasteiger partial charge in [-0.1, -0.05) is 13.0 Å². The smallest absolute Gasteiger partial charge is 0.405 e. The van der Waals surface area contributed by atoms with Crippen LogP contribution in [0.3, 0.4) is 0 Å². The molecule has 1 rings (SSSR count). The summed E-state index contributed by atoms with van der Waals surface area (Å²) in [5, 5.41) is 4.90. The van der Waals surface area contributed by atoms with E-state index in [0.717, 1.165) is 12.1 Å². The molecule has 0 saturated carbocycles. The fourth-order valence-electron chi connectivity index (χ4n) is 1.43.